The summed E-state index contributed by atoms with van der Waals surface area (Å²) in [7, 11) is -6.07. The molecule has 0 heterocycles. The van der Waals surface area contributed by atoms with Crippen LogP contribution in [0.2, 0.25) is 54.4 Å². The molecule has 5 atom stereocenters. The van der Waals surface area contributed by atoms with Gasteiger partial charge in [-0.05, 0) is 137 Å². The van der Waals surface area contributed by atoms with Gasteiger partial charge in [0.1, 0.15) is 0 Å². The number of hydrogen-bond donors (Lipinski definition) is 0. The van der Waals surface area contributed by atoms with E-state index < -0.39 is 25.0 Å². The molecule has 2 rings (SSSR count). The molecule has 0 aromatic heterocycles. The molecule has 1 aliphatic carbocycles. The van der Waals surface area contributed by atoms with Crippen molar-refractivity contribution >= 4 is 30.9 Å². The summed E-state index contributed by atoms with van der Waals surface area (Å²) in [6.07, 6.45) is 13.4. The van der Waals surface area contributed by atoms with Crippen LogP contribution < -0.4 is 0 Å². The normalized spacial score (nSPS) is 21.7. The van der Waals surface area contributed by atoms with Gasteiger partial charge in [-0.3, -0.25) is 4.79 Å². The van der Waals surface area contributed by atoms with Gasteiger partial charge in [-0.25, -0.2) is 0 Å². The van der Waals surface area contributed by atoms with Crippen LogP contribution in [0.4, 0.5) is 0 Å². The first-order valence-corrected chi connectivity index (χ1v) is 29.3. The molecule has 1 aromatic carbocycles. The summed E-state index contributed by atoms with van der Waals surface area (Å²) in [5, 5.41) is 0.414. The van der Waals surface area contributed by atoms with Gasteiger partial charge in [-0.1, -0.05) is 105 Å². The SMILES string of the molecule is CC(C)OC(=O)CCC/C=C/C[C@@H]1[C@@H](CC[C@@H](CCc2ccccc2)O[Si](C)(C)C(C)(C)C)[C@H](O[Si](C)(C)C(C)(C)C)C[C@@H]1O[Si](C)(C)C(C)(C)C. The lowest BCUT2D eigenvalue weighted by Crippen LogP contribution is -2.45. The predicted octanol–water partition coefficient (Wildman–Crippen LogP) is 13.3. The quantitative estimate of drug-likeness (QED) is 0.0606. The third-order valence-corrected chi connectivity index (χ3v) is 26.4. The first kappa shape index (κ1) is 47.1. The molecule has 0 amide bonds. The molecule has 0 unspecified atom stereocenters. The largest absolute Gasteiger partial charge is 0.463 e. The Balaban J connectivity index is 2.46. The number of carbonyl (C=O) groups is 1. The molecule has 1 aliphatic rings. The van der Waals surface area contributed by atoms with Gasteiger partial charge in [0.25, 0.3) is 0 Å². The van der Waals surface area contributed by atoms with Crippen molar-refractivity contribution in [3.8, 4) is 0 Å². The van der Waals surface area contributed by atoms with Gasteiger partial charge in [-0.2, -0.15) is 0 Å². The van der Waals surface area contributed by atoms with Crippen LogP contribution >= 0.6 is 0 Å². The van der Waals surface area contributed by atoms with E-state index in [2.05, 4.69) is 144 Å². The Labute approximate surface area is 325 Å². The molecule has 0 radical (unpaired) electrons. The van der Waals surface area contributed by atoms with Crippen LogP contribution in [-0.4, -0.2) is 55.3 Å². The van der Waals surface area contributed by atoms with Gasteiger partial charge >= 0.3 is 5.97 Å². The molecule has 0 aliphatic heterocycles. The summed E-state index contributed by atoms with van der Waals surface area (Å²) in [5.41, 5.74) is 1.38. The summed E-state index contributed by atoms with van der Waals surface area (Å²) < 4.78 is 27.4. The van der Waals surface area contributed by atoms with Crippen LogP contribution in [0.5, 0.6) is 0 Å². The van der Waals surface area contributed by atoms with Gasteiger partial charge in [0, 0.05) is 12.5 Å². The Morgan fingerprint density at radius 2 is 1.27 bits per heavy atom. The zero-order valence-corrected chi connectivity index (χ0v) is 39.9. The Morgan fingerprint density at radius 3 is 1.77 bits per heavy atom. The highest BCUT2D eigenvalue weighted by Crippen LogP contribution is 2.49. The standard InChI is InChI=1S/C44H82O5Si3/c1-34(2)46-41(45)28-24-19-18-23-27-37-38(32-31-36(47-50(12,13)42(3,4)5)30-29-35-25-21-20-22-26-35)40(49-52(16,17)44(9,10)11)33-39(37)48-51(14,15)43(6,7)8/h18,20-23,25-26,34,36-40H,19,24,27-33H2,1-17H3/b23-18+/t36-,37-,38-,39+,40-/m1/s1. The van der Waals surface area contributed by atoms with Crippen molar-refractivity contribution in [1.29, 1.82) is 0 Å². The van der Waals surface area contributed by atoms with E-state index in [0.29, 0.717) is 18.3 Å². The van der Waals surface area contributed by atoms with E-state index >= 15 is 0 Å². The van der Waals surface area contributed by atoms with Crippen LogP contribution in [0.1, 0.15) is 133 Å². The second kappa shape index (κ2) is 19.2. The number of esters is 1. The fourth-order valence-corrected chi connectivity index (χ4v) is 10.7. The van der Waals surface area contributed by atoms with Crippen molar-refractivity contribution in [2.75, 3.05) is 0 Å². The van der Waals surface area contributed by atoms with Gasteiger partial charge in [0.2, 0.25) is 0 Å². The van der Waals surface area contributed by atoms with Crippen LogP contribution in [0.25, 0.3) is 0 Å². The molecule has 0 spiro atoms. The summed E-state index contributed by atoms with van der Waals surface area (Å²) in [6.45, 7) is 39.4. The van der Waals surface area contributed by atoms with Crippen molar-refractivity contribution < 1.29 is 22.8 Å². The highest BCUT2D eigenvalue weighted by molar-refractivity contribution is 6.75. The number of aryl methyl sites for hydroxylation is 1. The lowest BCUT2D eigenvalue weighted by Gasteiger charge is -2.41. The van der Waals surface area contributed by atoms with E-state index in [-0.39, 0.29) is 45.5 Å². The van der Waals surface area contributed by atoms with E-state index in [9.17, 15) is 4.79 Å². The Hall–Kier alpha value is -1.04. The maximum absolute atomic E-state index is 12.1. The third-order valence-electron chi connectivity index (χ3n) is 12.9. The van der Waals surface area contributed by atoms with Gasteiger partial charge in [-0.15, -0.1) is 0 Å². The minimum atomic E-state index is -2.05. The molecule has 1 saturated carbocycles. The Kier molecular flexibility index (Phi) is 17.4. The lowest BCUT2D eigenvalue weighted by atomic mass is 9.85. The average Bonchev–Trinajstić information content (AvgIpc) is 3.28. The zero-order valence-electron chi connectivity index (χ0n) is 36.9. The fourth-order valence-electron chi connectivity index (χ4n) is 6.50. The van der Waals surface area contributed by atoms with Crippen LogP contribution in [0.15, 0.2) is 42.5 Å². The topological polar surface area (TPSA) is 54.0 Å². The first-order valence-electron chi connectivity index (χ1n) is 20.6. The summed E-state index contributed by atoms with van der Waals surface area (Å²) in [6, 6.07) is 10.9. The zero-order chi connectivity index (χ0) is 39.8. The van der Waals surface area contributed by atoms with Crippen molar-refractivity contribution in [3.05, 3.63) is 48.0 Å². The highest BCUT2D eigenvalue weighted by atomic mass is 28.4. The maximum Gasteiger partial charge on any atom is 0.306 e. The number of unbranched alkanes of at least 4 members (excludes halogenated alkanes) is 1. The highest BCUT2D eigenvalue weighted by Gasteiger charge is 2.51. The fraction of sp³-hybridized carbons (Fsp3) is 0.795. The Morgan fingerprint density at radius 1 is 0.750 bits per heavy atom. The molecule has 1 fully saturated rings. The number of allylic oxidation sites excluding steroid dienone is 2. The van der Waals surface area contributed by atoms with Crippen molar-refractivity contribution in [3.63, 3.8) is 0 Å². The van der Waals surface area contributed by atoms with Crippen LogP contribution in [-0.2, 0) is 29.2 Å². The molecule has 0 N–H and O–H groups in total. The smallest absolute Gasteiger partial charge is 0.306 e. The number of rotatable bonds is 19. The molecular formula is C44H82O5Si3. The summed E-state index contributed by atoms with van der Waals surface area (Å²) >= 11 is 0. The van der Waals surface area contributed by atoms with Gasteiger partial charge < -0.3 is 18.0 Å². The average molecular weight is 775 g/mol. The molecule has 5 nitrogen and oxygen atoms in total. The Bertz CT molecular complexity index is 1240. The second-order valence-corrected chi connectivity index (χ2v) is 34.9. The molecule has 0 saturated heterocycles. The van der Waals surface area contributed by atoms with Crippen molar-refractivity contribution in [1.82, 2.24) is 0 Å². The molecule has 52 heavy (non-hydrogen) atoms. The van der Waals surface area contributed by atoms with E-state index in [4.69, 9.17) is 18.0 Å². The van der Waals surface area contributed by atoms with Gasteiger partial charge in [0.05, 0.1) is 18.3 Å². The summed E-state index contributed by atoms with van der Waals surface area (Å²) in [5.74, 6) is 0.653. The molecule has 0 bridgehead atoms. The number of carbonyl (C=O) groups excluding carboxylic acids is 1. The second-order valence-electron chi connectivity index (χ2n) is 20.6. The molecule has 300 valence electrons. The minimum Gasteiger partial charge on any atom is -0.463 e. The first-order chi connectivity index (χ1) is 23.7. The van der Waals surface area contributed by atoms with Crippen molar-refractivity contribution in [2.45, 2.75) is 213 Å². The maximum atomic E-state index is 12.1. The van der Waals surface area contributed by atoms with Crippen LogP contribution in [0, 0.1) is 11.8 Å². The van der Waals surface area contributed by atoms with E-state index in [1.165, 1.54) is 5.56 Å². The van der Waals surface area contributed by atoms with Crippen LogP contribution in [0.3, 0.4) is 0 Å². The lowest BCUT2D eigenvalue weighted by molar-refractivity contribution is -0.147. The molecular weight excluding hydrogens is 693 g/mol. The van der Waals surface area contributed by atoms with E-state index in [0.717, 1.165) is 51.4 Å². The van der Waals surface area contributed by atoms with E-state index in [1.807, 2.05) is 13.8 Å². The molecule has 1 aromatic rings. The number of hydrogen-bond acceptors (Lipinski definition) is 5. The van der Waals surface area contributed by atoms with Crippen molar-refractivity contribution in [2.24, 2.45) is 11.8 Å². The minimum absolute atomic E-state index is 0.0631. The number of benzene rings is 1. The van der Waals surface area contributed by atoms with E-state index in [1.54, 1.807) is 0 Å². The molecule has 8 heteroatoms. The number of ether oxygens (including phenoxy) is 1. The summed E-state index contributed by atoms with van der Waals surface area (Å²) in [4.78, 5) is 12.1. The third kappa shape index (κ3) is 14.6. The predicted molar refractivity (Wildman–Crippen MR) is 231 cm³/mol. The van der Waals surface area contributed by atoms with Gasteiger partial charge in [0.15, 0.2) is 25.0 Å². The monoisotopic (exact) mass is 775 g/mol.